The van der Waals surface area contributed by atoms with E-state index in [0.29, 0.717) is 44.0 Å². The third kappa shape index (κ3) is 4.89. The molecule has 3 rings (SSSR count). The number of benzene rings is 1. The second-order valence-corrected chi connectivity index (χ2v) is 9.61. The number of likely N-dealkylation sites (tertiary alicyclic amines) is 1. The molecule has 2 heterocycles. The van der Waals surface area contributed by atoms with E-state index in [-0.39, 0.29) is 5.91 Å². The Morgan fingerprint density at radius 3 is 2.26 bits per heavy atom. The summed E-state index contributed by atoms with van der Waals surface area (Å²) in [6, 6.07) is 5.47. The van der Waals surface area contributed by atoms with E-state index in [1.165, 1.54) is 6.42 Å². The molecule has 7 heteroatoms. The highest BCUT2D eigenvalue weighted by molar-refractivity contribution is 7.89. The van der Waals surface area contributed by atoms with E-state index in [1.54, 1.807) is 10.4 Å². The van der Waals surface area contributed by atoms with E-state index in [4.69, 9.17) is 0 Å². The number of hydrogen-bond acceptors (Lipinski definition) is 4. The van der Waals surface area contributed by atoms with Gasteiger partial charge < -0.3 is 9.80 Å². The second-order valence-electron chi connectivity index (χ2n) is 7.71. The predicted molar refractivity (Wildman–Crippen MR) is 106 cm³/mol. The van der Waals surface area contributed by atoms with E-state index in [2.05, 4.69) is 4.90 Å². The van der Waals surface area contributed by atoms with Crippen molar-refractivity contribution in [3.8, 4) is 0 Å². The summed E-state index contributed by atoms with van der Waals surface area (Å²) in [4.78, 5) is 16.9. The Balaban J connectivity index is 1.51. The van der Waals surface area contributed by atoms with Gasteiger partial charge >= 0.3 is 0 Å². The molecule has 0 N–H and O–H groups in total. The highest BCUT2D eigenvalue weighted by Crippen LogP contribution is 2.22. The summed E-state index contributed by atoms with van der Waals surface area (Å²) in [6.45, 7) is 8.62. The van der Waals surface area contributed by atoms with E-state index in [9.17, 15) is 13.2 Å². The van der Waals surface area contributed by atoms with Gasteiger partial charge in [-0.1, -0.05) is 17.7 Å². The standard InChI is InChI=1S/C20H31N3O3S/c1-17-6-7-19(18(2)16-17)27(25,26)23-14-12-21(13-15-23)11-8-20(24)22-9-4-3-5-10-22/h6-7,16H,3-5,8-15H2,1-2H3. The number of hydrogen-bond donors (Lipinski definition) is 0. The van der Waals surface area contributed by atoms with Crippen LogP contribution in [0.25, 0.3) is 0 Å². The Bertz CT molecular complexity index is 765. The smallest absolute Gasteiger partial charge is 0.243 e. The number of amides is 1. The first kappa shape index (κ1) is 20.3. The minimum Gasteiger partial charge on any atom is -0.343 e. The molecule has 6 nitrogen and oxygen atoms in total. The monoisotopic (exact) mass is 393 g/mol. The van der Waals surface area contributed by atoms with Gasteiger partial charge in [-0.25, -0.2) is 8.42 Å². The lowest BCUT2D eigenvalue weighted by atomic mass is 10.1. The van der Waals surface area contributed by atoms with Crippen LogP contribution in [0.15, 0.2) is 23.1 Å². The molecule has 2 aliphatic heterocycles. The van der Waals surface area contributed by atoms with Crippen molar-refractivity contribution in [2.75, 3.05) is 45.8 Å². The third-order valence-corrected chi connectivity index (χ3v) is 7.69. The Hall–Kier alpha value is -1.44. The lowest BCUT2D eigenvalue weighted by molar-refractivity contribution is -0.132. The Labute approximate surface area is 163 Å². The molecule has 0 aromatic heterocycles. The van der Waals surface area contributed by atoms with Crippen LogP contribution >= 0.6 is 0 Å². The lowest BCUT2D eigenvalue weighted by Crippen LogP contribution is -2.49. The van der Waals surface area contributed by atoms with Crippen molar-refractivity contribution in [2.45, 2.75) is 44.4 Å². The van der Waals surface area contributed by atoms with Gasteiger partial charge in [0.05, 0.1) is 4.90 Å². The molecule has 0 atom stereocenters. The topological polar surface area (TPSA) is 60.9 Å². The van der Waals surface area contributed by atoms with Crippen LogP contribution in [-0.2, 0) is 14.8 Å². The van der Waals surface area contributed by atoms with Crippen molar-refractivity contribution in [1.82, 2.24) is 14.1 Å². The van der Waals surface area contributed by atoms with Gasteiger partial charge in [0.1, 0.15) is 0 Å². The fourth-order valence-electron chi connectivity index (χ4n) is 3.98. The van der Waals surface area contributed by atoms with Crippen LogP contribution in [0.4, 0.5) is 0 Å². The minimum atomic E-state index is -3.45. The number of sulfonamides is 1. The van der Waals surface area contributed by atoms with Gasteiger partial charge in [0.15, 0.2) is 0 Å². The quantitative estimate of drug-likeness (QED) is 0.768. The fraction of sp³-hybridized carbons (Fsp3) is 0.650. The maximum atomic E-state index is 12.9. The molecule has 2 fully saturated rings. The zero-order valence-corrected chi connectivity index (χ0v) is 17.3. The number of rotatable bonds is 5. The van der Waals surface area contributed by atoms with E-state index in [0.717, 1.165) is 37.1 Å². The summed E-state index contributed by atoms with van der Waals surface area (Å²) >= 11 is 0. The molecular formula is C20H31N3O3S. The predicted octanol–water partition coefficient (Wildman–Crippen LogP) is 2.01. The van der Waals surface area contributed by atoms with Gasteiger partial charge in [0, 0.05) is 52.2 Å². The zero-order valence-electron chi connectivity index (χ0n) is 16.5. The normalized spacial score (nSPS) is 20.0. The molecule has 1 aromatic carbocycles. The van der Waals surface area contributed by atoms with Crippen molar-refractivity contribution in [3.63, 3.8) is 0 Å². The van der Waals surface area contributed by atoms with Crippen LogP contribution in [-0.4, -0.2) is 74.2 Å². The molecule has 2 aliphatic rings. The highest BCUT2D eigenvalue weighted by Gasteiger charge is 2.29. The average Bonchev–Trinajstić information content (AvgIpc) is 2.67. The van der Waals surface area contributed by atoms with Crippen LogP contribution in [0, 0.1) is 13.8 Å². The van der Waals surface area contributed by atoms with Gasteiger partial charge in [-0.2, -0.15) is 4.31 Å². The molecular weight excluding hydrogens is 362 g/mol. The van der Waals surface area contributed by atoms with Crippen LogP contribution in [0.1, 0.15) is 36.8 Å². The molecule has 2 saturated heterocycles. The van der Waals surface area contributed by atoms with Crippen molar-refractivity contribution in [2.24, 2.45) is 0 Å². The van der Waals surface area contributed by atoms with E-state index >= 15 is 0 Å². The maximum absolute atomic E-state index is 12.9. The highest BCUT2D eigenvalue weighted by atomic mass is 32.2. The number of piperidine rings is 1. The van der Waals surface area contributed by atoms with Crippen molar-refractivity contribution >= 4 is 15.9 Å². The maximum Gasteiger partial charge on any atom is 0.243 e. The minimum absolute atomic E-state index is 0.236. The molecule has 1 amide bonds. The van der Waals surface area contributed by atoms with Crippen LogP contribution < -0.4 is 0 Å². The van der Waals surface area contributed by atoms with Crippen molar-refractivity contribution in [1.29, 1.82) is 0 Å². The Morgan fingerprint density at radius 2 is 1.63 bits per heavy atom. The average molecular weight is 394 g/mol. The van der Waals surface area contributed by atoms with Crippen LogP contribution in [0.5, 0.6) is 0 Å². The summed E-state index contributed by atoms with van der Waals surface area (Å²) in [7, 11) is -3.45. The van der Waals surface area contributed by atoms with Gasteiger partial charge in [0.25, 0.3) is 0 Å². The van der Waals surface area contributed by atoms with Gasteiger partial charge in [-0.3, -0.25) is 4.79 Å². The SMILES string of the molecule is Cc1ccc(S(=O)(=O)N2CCN(CCC(=O)N3CCCCC3)CC2)c(C)c1. The summed E-state index contributed by atoms with van der Waals surface area (Å²) in [6.07, 6.45) is 3.98. The molecule has 0 aliphatic carbocycles. The second kappa shape index (κ2) is 8.71. The molecule has 0 saturated carbocycles. The number of carbonyl (C=O) groups is 1. The largest absolute Gasteiger partial charge is 0.343 e. The molecule has 0 bridgehead atoms. The summed E-state index contributed by atoms with van der Waals surface area (Å²) in [5.74, 6) is 0.236. The number of nitrogens with zero attached hydrogens (tertiary/aromatic N) is 3. The van der Waals surface area contributed by atoms with E-state index < -0.39 is 10.0 Å². The zero-order chi connectivity index (χ0) is 19.4. The number of aryl methyl sites for hydroxylation is 2. The molecule has 150 valence electrons. The molecule has 1 aromatic rings. The molecule has 0 spiro atoms. The Kier molecular flexibility index (Phi) is 6.55. The van der Waals surface area contributed by atoms with Gasteiger partial charge in [0.2, 0.25) is 15.9 Å². The Morgan fingerprint density at radius 1 is 0.963 bits per heavy atom. The molecule has 27 heavy (non-hydrogen) atoms. The number of carbonyl (C=O) groups excluding carboxylic acids is 1. The fourth-order valence-corrected chi connectivity index (χ4v) is 5.60. The summed E-state index contributed by atoms with van der Waals surface area (Å²) in [5.41, 5.74) is 1.86. The molecule has 0 unspecified atom stereocenters. The summed E-state index contributed by atoms with van der Waals surface area (Å²) < 4.78 is 27.5. The lowest BCUT2D eigenvalue weighted by Gasteiger charge is -2.34. The van der Waals surface area contributed by atoms with Gasteiger partial charge in [-0.05, 0) is 44.7 Å². The third-order valence-electron chi connectivity index (χ3n) is 5.63. The first-order valence-electron chi connectivity index (χ1n) is 9.95. The first-order chi connectivity index (χ1) is 12.9. The van der Waals surface area contributed by atoms with Crippen molar-refractivity contribution < 1.29 is 13.2 Å². The van der Waals surface area contributed by atoms with Crippen molar-refractivity contribution in [3.05, 3.63) is 29.3 Å². The number of piperazine rings is 1. The van der Waals surface area contributed by atoms with Crippen LogP contribution in [0.3, 0.4) is 0 Å². The molecule has 0 radical (unpaired) electrons. The van der Waals surface area contributed by atoms with Crippen LogP contribution in [0.2, 0.25) is 0 Å². The first-order valence-corrected chi connectivity index (χ1v) is 11.4. The van der Waals surface area contributed by atoms with E-state index in [1.807, 2.05) is 30.9 Å². The van der Waals surface area contributed by atoms with Gasteiger partial charge in [-0.15, -0.1) is 0 Å². The summed E-state index contributed by atoms with van der Waals surface area (Å²) in [5, 5.41) is 0.